The van der Waals surface area contributed by atoms with Crippen molar-refractivity contribution in [2.24, 2.45) is 10.9 Å². The van der Waals surface area contributed by atoms with Crippen molar-refractivity contribution < 1.29 is 8.82 Å². The minimum absolute atomic E-state index is 0.120. The number of hydrogen-bond acceptors (Lipinski definition) is 2. The van der Waals surface area contributed by atoms with Crippen molar-refractivity contribution in [2.75, 3.05) is 6.61 Å². The summed E-state index contributed by atoms with van der Waals surface area (Å²) in [6, 6.07) is 6.59. The van der Waals surface area contributed by atoms with Crippen LogP contribution in [-0.4, -0.2) is 27.2 Å². The number of nitrogens with zero attached hydrogens (tertiary/aromatic N) is 1. The first-order valence-electron chi connectivity index (χ1n) is 6.70. The average molecular weight is 281 g/mol. The van der Waals surface area contributed by atoms with E-state index in [2.05, 4.69) is 38.5 Å². The van der Waals surface area contributed by atoms with E-state index >= 15 is 0 Å². The predicted molar refractivity (Wildman–Crippen MR) is 81.9 cm³/mol. The fourth-order valence-electron chi connectivity index (χ4n) is 1.51. The van der Waals surface area contributed by atoms with Gasteiger partial charge in [0.15, 0.2) is 8.32 Å². The second kappa shape index (κ2) is 6.96. The highest BCUT2D eigenvalue weighted by molar-refractivity contribution is 6.69. The lowest BCUT2D eigenvalue weighted by atomic mass is 10.1. The molecule has 1 rings (SSSR count). The van der Waals surface area contributed by atoms with Crippen LogP contribution in [0.3, 0.4) is 0 Å². The molecule has 0 heterocycles. The van der Waals surface area contributed by atoms with Crippen LogP contribution in [0.4, 0.5) is 4.39 Å². The molecule has 4 heteroatoms. The topological polar surface area (TPSA) is 21.6 Å². The van der Waals surface area contributed by atoms with Gasteiger partial charge in [0.2, 0.25) is 0 Å². The Bertz CT molecular complexity index is 426. The lowest BCUT2D eigenvalue weighted by molar-refractivity contribution is 0.255. The van der Waals surface area contributed by atoms with Crippen LogP contribution in [0.1, 0.15) is 19.4 Å². The van der Waals surface area contributed by atoms with Crippen LogP contribution in [0, 0.1) is 11.7 Å². The molecule has 0 aliphatic rings. The van der Waals surface area contributed by atoms with Gasteiger partial charge >= 0.3 is 0 Å². The van der Waals surface area contributed by atoms with E-state index in [9.17, 15) is 4.39 Å². The van der Waals surface area contributed by atoms with Gasteiger partial charge in [-0.1, -0.05) is 26.0 Å². The van der Waals surface area contributed by atoms with E-state index in [0.29, 0.717) is 12.5 Å². The quantitative estimate of drug-likeness (QED) is 0.568. The van der Waals surface area contributed by atoms with Crippen molar-refractivity contribution in [1.82, 2.24) is 0 Å². The molecule has 0 aromatic heterocycles. The summed E-state index contributed by atoms with van der Waals surface area (Å²) in [6.45, 7) is 11.4. The summed E-state index contributed by atoms with van der Waals surface area (Å²) in [5.74, 6) is 0.171. The Hall–Kier alpha value is -1.00. The monoisotopic (exact) mass is 281 g/mol. The van der Waals surface area contributed by atoms with Crippen LogP contribution in [0.2, 0.25) is 19.6 Å². The normalized spacial score (nSPS) is 14.3. The van der Waals surface area contributed by atoms with E-state index in [1.54, 1.807) is 12.3 Å². The summed E-state index contributed by atoms with van der Waals surface area (Å²) in [4.78, 5) is 4.54. The Morgan fingerprint density at radius 1 is 1.32 bits per heavy atom. The molecule has 2 nitrogen and oxygen atoms in total. The zero-order valence-corrected chi connectivity index (χ0v) is 13.5. The maximum atomic E-state index is 13.1. The molecule has 0 aliphatic carbocycles. The van der Waals surface area contributed by atoms with E-state index in [-0.39, 0.29) is 11.9 Å². The molecule has 0 saturated carbocycles. The summed E-state index contributed by atoms with van der Waals surface area (Å²) in [5, 5.41) is 0. The molecule has 1 aromatic rings. The Morgan fingerprint density at radius 2 is 2.00 bits per heavy atom. The molecule has 0 aliphatic heterocycles. The number of aliphatic imine (C=N–C) groups is 1. The fraction of sp³-hybridized carbons (Fsp3) is 0.533. The van der Waals surface area contributed by atoms with Crippen molar-refractivity contribution in [3.05, 3.63) is 35.6 Å². The maximum absolute atomic E-state index is 13.1. The lowest BCUT2D eigenvalue weighted by Gasteiger charge is -2.23. The van der Waals surface area contributed by atoms with Gasteiger partial charge < -0.3 is 4.43 Å². The van der Waals surface area contributed by atoms with Gasteiger partial charge in [-0.2, -0.15) is 0 Å². The molecular formula is C15H24FNOSi. The standard InChI is InChI=1S/C15H24FNOSi/c1-12(2)15(11-18-19(3,4)5)17-10-13-7-6-8-14(16)9-13/h6-10,12,15H,11H2,1-5H3/b17-10+/t15-/m1/s1. The smallest absolute Gasteiger partial charge is 0.183 e. The number of rotatable bonds is 6. The second-order valence-electron chi connectivity index (χ2n) is 6.07. The Balaban J connectivity index is 2.68. The van der Waals surface area contributed by atoms with Gasteiger partial charge in [0.1, 0.15) is 5.82 Å². The third-order valence-electron chi connectivity index (χ3n) is 2.72. The number of benzene rings is 1. The van der Waals surface area contributed by atoms with Gasteiger partial charge in [-0.3, -0.25) is 4.99 Å². The number of halogens is 1. The van der Waals surface area contributed by atoms with Crippen LogP contribution in [0.25, 0.3) is 0 Å². The van der Waals surface area contributed by atoms with E-state index in [4.69, 9.17) is 4.43 Å². The van der Waals surface area contributed by atoms with Gasteiger partial charge in [0.25, 0.3) is 0 Å². The molecule has 1 atom stereocenters. The SMILES string of the molecule is CC(C)[C@@H](CO[Si](C)(C)C)/N=C/c1cccc(F)c1. The third kappa shape index (κ3) is 6.64. The molecule has 0 unspecified atom stereocenters. The van der Waals surface area contributed by atoms with Crippen LogP contribution in [0.15, 0.2) is 29.3 Å². The third-order valence-corrected chi connectivity index (χ3v) is 3.75. The minimum atomic E-state index is -1.52. The van der Waals surface area contributed by atoms with Crippen LogP contribution < -0.4 is 0 Å². The molecular weight excluding hydrogens is 257 g/mol. The summed E-state index contributed by atoms with van der Waals surface area (Å²) in [5.41, 5.74) is 0.790. The molecule has 1 aromatic carbocycles. The van der Waals surface area contributed by atoms with Gasteiger partial charge in [-0.05, 0) is 43.3 Å². The summed E-state index contributed by atoms with van der Waals surface area (Å²) in [7, 11) is -1.52. The first kappa shape index (κ1) is 16.1. The Labute approximate surface area is 116 Å². The average Bonchev–Trinajstić information content (AvgIpc) is 2.27. The molecule has 0 fully saturated rings. The molecule has 0 spiro atoms. The highest BCUT2D eigenvalue weighted by Gasteiger charge is 2.19. The Morgan fingerprint density at radius 3 is 2.53 bits per heavy atom. The summed E-state index contributed by atoms with van der Waals surface area (Å²) >= 11 is 0. The van der Waals surface area contributed by atoms with E-state index in [1.165, 1.54) is 12.1 Å². The van der Waals surface area contributed by atoms with Crippen molar-refractivity contribution in [2.45, 2.75) is 39.5 Å². The highest BCUT2D eigenvalue weighted by atomic mass is 28.4. The molecule has 0 radical (unpaired) electrons. The zero-order valence-electron chi connectivity index (χ0n) is 12.5. The molecule has 0 N–H and O–H groups in total. The maximum Gasteiger partial charge on any atom is 0.183 e. The summed E-state index contributed by atoms with van der Waals surface area (Å²) < 4.78 is 19.0. The molecule has 0 saturated heterocycles. The first-order chi connectivity index (χ1) is 8.78. The van der Waals surface area contributed by atoms with Crippen LogP contribution >= 0.6 is 0 Å². The van der Waals surface area contributed by atoms with Crippen molar-refractivity contribution in [1.29, 1.82) is 0 Å². The molecule has 106 valence electrons. The van der Waals surface area contributed by atoms with Gasteiger partial charge in [-0.15, -0.1) is 0 Å². The van der Waals surface area contributed by atoms with Crippen LogP contribution in [-0.2, 0) is 4.43 Å². The second-order valence-corrected chi connectivity index (χ2v) is 10.6. The van der Waals surface area contributed by atoms with E-state index in [1.807, 2.05) is 6.07 Å². The highest BCUT2D eigenvalue weighted by Crippen LogP contribution is 2.12. The molecule has 0 bridgehead atoms. The van der Waals surface area contributed by atoms with Gasteiger partial charge in [0.05, 0.1) is 12.6 Å². The largest absolute Gasteiger partial charge is 0.415 e. The minimum Gasteiger partial charge on any atom is -0.415 e. The summed E-state index contributed by atoms with van der Waals surface area (Å²) in [6.07, 6.45) is 1.74. The van der Waals surface area contributed by atoms with Crippen LogP contribution in [0.5, 0.6) is 0 Å². The lowest BCUT2D eigenvalue weighted by Crippen LogP contribution is -2.31. The van der Waals surface area contributed by atoms with Crippen molar-refractivity contribution in [3.8, 4) is 0 Å². The van der Waals surface area contributed by atoms with Gasteiger partial charge in [0, 0.05) is 6.21 Å². The molecule has 0 amide bonds. The first-order valence-corrected chi connectivity index (χ1v) is 10.1. The predicted octanol–water partition coefficient (Wildman–Crippen LogP) is 4.12. The van der Waals surface area contributed by atoms with Gasteiger partial charge in [-0.25, -0.2) is 4.39 Å². The number of hydrogen-bond donors (Lipinski definition) is 0. The Kier molecular flexibility index (Phi) is 5.88. The van der Waals surface area contributed by atoms with Crippen molar-refractivity contribution >= 4 is 14.5 Å². The van der Waals surface area contributed by atoms with Crippen molar-refractivity contribution in [3.63, 3.8) is 0 Å². The zero-order chi connectivity index (χ0) is 14.5. The molecule has 19 heavy (non-hydrogen) atoms. The van der Waals surface area contributed by atoms with E-state index < -0.39 is 8.32 Å². The fourth-order valence-corrected chi connectivity index (χ4v) is 2.18. The van der Waals surface area contributed by atoms with E-state index in [0.717, 1.165) is 5.56 Å².